The van der Waals surface area contributed by atoms with Gasteiger partial charge in [-0.3, -0.25) is 15.0 Å². The van der Waals surface area contributed by atoms with Crippen LogP contribution in [-0.2, 0) is 6.54 Å². The first-order chi connectivity index (χ1) is 8.58. The van der Waals surface area contributed by atoms with E-state index in [-0.39, 0.29) is 16.0 Å². The number of likely N-dealkylation sites (tertiary alicyclic amines) is 1. The minimum absolute atomic E-state index is 0.153. The van der Waals surface area contributed by atoms with Crippen molar-refractivity contribution in [1.29, 1.82) is 0 Å². The molecule has 2 atom stereocenters. The summed E-state index contributed by atoms with van der Waals surface area (Å²) >= 11 is 1.27. The highest BCUT2D eigenvalue weighted by molar-refractivity contribution is 7.15. The van der Waals surface area contributed by atoms with Gasteiger partial charge in [-0.05, 0) is 32.4 Å². The Morgan fingerprint density at radius 3 is 3.00 bits per heavy atom. The highest BCUT2D eigenvalue weighted by atomic mass is 32.1. The van der Waals surface area contributed by atoms with E-state index in [0.29, 0.717) is 6.04 Å². The summed E-state index contributed by atoms with van der Waals surface area (Å²) in [5.41, 5.74) is 6.02. The fourth-order valence-corrected chi connectivity index (χ4v) is 3.40. The molecule has 0 amide bonds. The number of hydrogen-bond donors (Lipinski definition) is 1. The average Bonchev–Trinajstić information content (AvgIpc) is 2.78. The maximum Gasteiger partial charge on any atom is 0.324 e. The van der Waals surface area contributed by atoms with Crippen molar-refractivity contribution in [2.24, 2.45) is 5.73 Å². The molecule has 0 aromatic carbocycles. The van der Waals surface area contributed by atoms with Crippen molar-refractivity contribution < 1.29 is 4.92 Å². The molecular formula is C12H19N3O2S. The Kier molecular flexibility index (Phi) is 4.31. The summed E-state index contributed by atoms with van der Waals surface area (Å²) in [6, 6.07) is 4.00. The molecule has 1 aromatic heterocycles. The molecule has 2 heterocycles. The van der Waals surface area contributed by atoms with E-state index in [1.165, 1.54) is 24.2 Å². The Labute approximate surface area is 111 Å². The van der Waals surface area contributed by atoms with E-state index in [9.17, 15) is 10.1 Å². The van der Waals surface area contributed by atoms with Crippen LogP contribution in [0.5, 0.6) is 0 Å². The molecule has 0 saturated carbocycles. The van der Waals surface area contributed by atoms with Crippen molar-refractivity contribution in [1.82, 2.24) is 4.90 Å². The van der Waals surface area contributed by atoms with Crippen LogP contribution < -0.4 is 5.73 Å². The van der Waals surface area contributed by atoms with E-state index in [1.807, 2.05) is 13.0 Å². The molecule has 5 nitrogen and oxygen atoms in total. The summed E-state index contributed by atoms with van der Waals surface area (Å²) in [6.45, 7) is 3.86. The molecule has 1 saturated heterocycles. The minimum atomic E-state index is -0.326. The third kappa shape index (κ3) is 3.07. The van der Waals surface area contributed by atoms with Crippen LogP contribution in [0.1, 0.15) is 31.1 Å². The lowest BCUT2D eigenvalue weighted by Crippen LogP contribution is -2.48. The number of hydrogen-bond acceptors (Lipinski definition) is 5. The van der Waals surface area contributed by atoms with E-state index in [2.05, 4.69) is 4.90 Å². The third-order valence-electron chi connectivity index (χ3n) is 3.46. The Morgan fingerprint density at radius 1 is 1.61 bits per heavy atom. The first kappa shape index (κ1) is 13.5. The monoisotopic (exact) mass is 269 g/mol. The number of nitro groups is 1. The number of nitrogens with two attached hydrogens (primary N) is 1. The molecule has 18 heavy (non-hydrogen) atoms. The fourth-order valence-electron chi connectivity index (χ4n) is 2.56. The summed E-state index contributed by atoms with van der Waals surface area (Å²) in [4.78, 5) is 13.8. The molecule has 1 aliphatic rings. The lowest BCUT2D eigenvalue weighted by atomic mass is 9.97. The average molecular weight is 269 g/mol. The van der Waals surface area contributed by atoms with Crippen molar-refractivity contribution in [3.8, 4) is 0 Å². The number of nitrogens with zero attached hydrogens (tertiary/aromatic N) is 2. The van der Waals surface area contributed by atoms with Gasteiger partial charge in [-0.1, -0.05) is 17.8 Å². The van der Waals surface area contributed by atoms with Crippen molar-refractivity contribution in [2.45, 2.75) is 44.8 Å². The van der Waals surface area contributed by atoms with Crippen LogP contribution in [-0.4, -0.2) is 28.5 Å². The van der Waals surface area contributed by atoms with Crippen LogP contribution in [0.25, 0.3) is 0 Å². The summed E-state index contributed by atoms with van der Waals surface area (Å²) < 4.78 is 0. The topological polar surface area (TPSA) is 72.4 Å². The quantitative estimate of drug-likeness (QED) is 0.672. The maximum absolute atomic E-state index is 10.7. The summed E-state index contributed by atoms with van der Waals surface area (Å²) in [5, 5.41) is 10.9. The summed E-state index contributed by atoms with van der Waals surface area (Å²) in [5.74, 6) is 0. The predicted octanol–water partition coefficient (Wildman–Crippen LogP) is 2.36. The first-order valence-electron chi connectivity index (χ1n) is 6.30. The van der Waals surface area contributed by atoms with Crippen LogP contribution in [0.4, 0.5) is 5.00 Å². The van der Waals surface area contributed by atoms with Crippen molar-refractivity contribution >= 4 is 16.3 Å². The largest absolute Gasteiger partial charge is 0.327 e. The SMILES string of the molecule is CC(N)C1CCCCN1Cc1ccc([N+](=O)[O-])s1. The molecule has 6 heteroatoms. The van der Waals surface area contributed by atoms with E-state index in [0.717, 1.165) is 24.4 Å². The van der Waals surface area contributed by atoms with Gasteiger partial charge in [0.25, 0.3) is 0 Å². The Hall–Kier alpha value is -0.980. The van der Waals surface area contributed by atoms with Gasteiger partial charge in [-0.2, -0.15) is 0 Å². The molecule has 1 aliphatic heterocycles. The molecule has 1 aromatic rings. The molecule has 0 bridgehead atoms. The van der Waals surface area contributed by atoms with E-state index in [4.69, 9.17) is 5.73 Å². The van der Waals surface area contributed by atoms with Crippen LogP contribution in [0.3, 0.4) is 0 Å². The van der Waals surface area contributed by atoms with Gasteiger partial charge in [0.1, 0.15) is 0 Å². The molecule has 100 valence electrons. The van der Waals surface area contributed by atoms with Gasteiger partial charge in [0.05, 0.1) is 4.92 Å². The smallest absolute Gasteiger partial charge is 0.324 e. The molecule has 0 aliphatic carbocycles. The van der Waals surface area contributed by atoms with Gasteiger partial charge in [0.15, 0.2) is 0 Å². The zero-order chi connectivity index (χ0) is 13.1. The zero-order valence-corrected chi connectivity index (χ0v) is 11.4. The second-order valence-corrected chi connectivity index (χ2v) is 6.04. The lowest BCUT2D eigenvalue weighted by molar-refractivity contribution is -0.380. The van der Waals surface area contributed by atoms with E-state index in [1.54, 1.807) is 6.07 Å². The van der Waals surface area contributed by atoms with Crippen LogP contribution in [0.2, 0.25) is 0 Å². The standard InChI is InChI=1S/C12H19N3O2S/c1-9(13)11-4-2-3-7-14(11)8-10-5-6-12(18-10)15(16)17/h5-6,9,11H,2-4,7-8,13H2,1H3. The lowest BCUT2D eigenvalue weighted by Gasteiger charge is -2.37. The maximum atomic E-state index is 10.7. The second kappa shape index (κ2) is 5.77. The van der Waals surface area contributed by atoms with Gasteiger partial charge < -0.3 is 5.73 Å². The Balaban J connectivity index is 2.03. The molecule has 2 rings (SSSR count). The van der Waals surface area contributed by atoms with E-state index < -0.39 is 0 Å². The zero-order valence-electron chi connectivity index (χ0n) is 10.5. The Bertz CT molecular complexity index is 419. The fraction of sp³-hybridized carbons (Fsp3) is 0.667. The first-order valence-corrected chi connectivity index (χ1v) is 7.12. The molecule has 2 unspecified atom stereocenters. The number of rotatable bonds is 4. The normalized spacial score (nSPS) is 22.9. The molecule has 2 N–H and O–H groups in total. The molecular weight excluding hydrogens is 250 g/mol. The van der Waals surface area contributed by atoms with Gasteiger partial charge in [-0.25, -0.2) is 0 Å². The summed E-state index contributed by atoms with van der Waals surface area (Å²) in [7, 11) is 0. The number of thiophene rings is 1. The van der Waals surface area contributed by atoms with Crippen LogP contribution in [0.15, 0.2) is 12.1 Å². The predicted molar refractivity (Wildman–Crippen MR) is 72.7 cm³/mol. The minimum Gasteiger partial charge on any atom is -0.327 e. The second-order valence-electron chi connectivity index (χ2n) is 4.89. The number of piperidine rings is 1. The van der Waals surface area contributed by atoms with Crippen molar-refractivity contribution in [3.05, 3.63) is 27.1 Å². The van der Waals surface area contributed by atoms with Crippen LogP contribution >= 0.6 is 11.3 Å². The summed E-state index contributed by atoms with van der Waals surface area (Å²) in [6.07, 6.45) is 3.55. The van der Waals surface area contributed by atoms with Gasteiger partial charge in [0.2, 0.25) is 0 Å². The van der Waals surface area contributed by atoms with Gasteiger partial charge in [0, 0.05) is 29.6 Å². The van der Waals surface area contributed by atoms with E-state index >= 15 is 0 Å². The van der Waals surface area contributed by atoms with Gasteiger partial charge >= 0.3 is 5.00 Å². The highest BCUT2D eigenvalue weighted by Crippen LogP contribution is 2.28. The molecule has 1 fully saturated rings. The third-order valence-corrected chi connectivity index (χ3v) is 4.48. The van der Waals surface area contributed by atoms with Crippen LogP contribution in [0, 0.1) is 10.1 Å². The Morgan fingerprint density at radius 2 is 2.39 bits per heavy atom. The molecule has 0 radical (unpaired) electrons. The van der Waals surface area contributed by atoms with Gasteiger partial charge in [-0.15, -0.1) is 0 Å². The van der Waals surface area contributed by atoms with Crippen molar-refractivity contribution in [3.63, 3.8) is 0 Å². The van der Waals surface area contributed by atoms with Crippen molar-refractivity contribution in [2.75, 3.05) is 6.54 Å². The molecule has 0 spiro atoms. The highest BCUT2D eigenvalue weighted by Gasteiger charge is 2.26.